The fraction of sp³-hybridized carbons (Fsp3) is 0.400. The molecule has 0 unspecified atom stereocenters. The van der Waals surface area contributed by atoms with Crippen LogP contribution in [0, 0.1) is 0 Å². The van der Waals surface area contributed by atoms with Crippen LogP contribution in [0.2, 0.25) is 10.0 Å². The zero-order chi connectivity index (χ0) is 15.3. The first kappa shape index (κ1) is 16.9. The molecular formula is C15H19Cl2NO2. The van der Waals surface area contributed by atoms with E-state index in [4.69, 9.17) is 27.9 Å². The molecule has 1 aromatic carbocycles. The van der Waals surface area contributed by atoms with Crippen LogP contribution >= 0.6 is 23.2 Å². The van der Waals surface area contributed by atoms with Crippen molar-refractivity contribution in [3.63, 3.8) is 0 Å². The van der Waals surface area contributed by atoms with Gasteiger partial charge in [-0.3, -0.25) is 0 Å². The van der Waals surface area contributed by atoms with Gasteiger partial charge < -0.3 is 10.1 Å². The van der Waals surface area contributed by atoms with Crippen LogP contribution in [0.5, 0.6) is 0 Å². The third-order valence-electron chi connectivity index (χ3n) is 2.44. The number of rotatable bonds is 4. The molecule has 0 radical (unpaired) electrons. The Hall–Kier alpha value is -1.19. The van der Waals surface area contributed by atoms with Crippen molar-refractivity contribution in [3.8, 4) is 0 Å². The van der Waals surface area contributed by atoms with Crippen LogP contribution in [0.25, 0.3) is 0 Å². The van der Waals surface area contributed by atoms with Gasteiger partial charge in [-0.1, -0.05) is 35.3 Å². The van der Waals surface area contributed by atoms with Crippen LogP contribution < -0.4 is 5.32 Å². The molecule has 1 amide bonds. The van der Waals surface area contributed by atoms with E-state index in [0.717, 1.165) is 5.56 Å². The van der Waals surface area contributed by atoms with E-state index in [-0.39, 0.29) is 6.04 Å². The summed E-state index contributed by atoms with van der Waals surface area (Å²) in [7, 11) is 0. The molecular weight excluding hydrogens is 297 g/mol. The number of ether oxygens (including phenoxy) is 1. The van der Waals surface area contributed by atoms with Crippen LogP contribution in [-0.4, -0.2) is 11.7 Å². The molecule has 0 aliphatic carbocycles. The molecule has 0 bridgehead atoms. The third kappa shape index (κ3) is 5.43. The van der Waals surface area contributed by atoms with E-state index in [1.54, 1.807) is 18.2 Å². The lowest BCUT2D eigenvalue weighted by atomic mass is 10.0. The predicted molar refractivity (Wildman–Crippen MR) is 83.4 cm³/mol. The van der Waals surface area contributed by atoms with Crippen LogP contribution in [0.4, 0.5) is 4.79 Å². The molecule has 110 valence electrons. The van der Waals surface area contributed by atoms with Crippen molar-refractivity contribution in [2.45, 2.75) is 38.8 Å². The molecule has 0 heterocycles. The summed E-state index contributed by atoms with van der Waals surface area (Å²) in [6.45, 7) is 9.14. The molecule has 0 fully saturated rings. The zero-order valence-electron chi connectivity index (χ0n) is 11.9. The molecule has 1 atom stereocenters. The lowest BCUT2D eigenvalue weighted by Crippen LogP contribution is -2.34. The molecule has 0 spiro atoms. The topological polar surface area (TPSA) is 38.3 Å². The molecule has 0 saturated carbocycles. The van der Waals surface area contributed by atoms with Crippen LogP contribution in [-0.2, 0) is 4.74 Å². The van der Waals surface area contributed by atoms with E-state index in [1.807, 2.05) is 26.8 Å². The van der Waals surface area contributed by atoms with E-state index < -0.39 is 11.7 Å². The van der Waals surface area contributed by atoms with Gasteiger partial charge in [-0.05, 0) is 44.9 Å². The summed E-state index contributed by atoms with van der Waals surface area (Å²) in [6, 6.07) is 5.00. The molecule has 1 aromatic rings. The molecule has 0 aliphatic rings. The molecule has 3 nitrogen and oxygen atoms in total. The van der Waals surface area contributed by atoms with Crippen molar-refractivity contribution < 1.29 is 9.53 Å². The van der Waals surface area contributed by atoms with E-state index in [2.05, 4.69) is 11.9 Å². The lowest BCUT2D eigenvalue weighted by molar-refractivity contribution is 0.0504. The maximum absolute atomic E-state index is 11.8. The van der Waals surface area contributed by atoms with E-state index in [9.17, 15) is 4.79 Å². The third-order valence-corrected chi connectivity index (χ3v) is 3.18. The fourth-order valence-electron chi connectivity index (χ4n) is 1.62. The van der Waals surface area contributed by atoms with E-state index in [0.29, 0.717) is 16.5 Å². The normalized spacial score (nSPS) is 12.7. The van der Waals surface area contributed by atoms with Gasteiger partial charge >= 0.3 is 6.09 Å². The summed E-state index contributed by atoms with van der Waals surface area (Å²) in [6.07, 6.45) is 1.82. The predicted octanol–water partition coefficient (Wildman–Crippen LogP) is 5.14. The first-order valence-electron chi connectivity index (χ1n) is 6.28. The lowest BCUT2D eigenvalue weighted by Gasteiger charge is -2.23. The summed E-state index contributed by atoms with van der Waals surface area (Å²) in [5, 5.41) is 3.73. The van der Waals surface area contributed by atoms with Gasteiger partial charge in [0.2, 0.25) is 0 Å². The van der Waals surface area contributed by atoms with Crippen LogP contribution in [0.1, 0.15) is 38.8 Å². The van der Waals surface area contributed by atoms with Crippen LogP contribution in [0.15, 0.2) is 30.9 Å². The summed E-state index contributed by atoms with van der Waals surface area (Å²) in [5.41, 5.74) is 0.311. The smallest absolute Gasteiger partial charge is 0.408 e. The first-order chi connectivity index (χ1) is 9.23. The van der Waals surface area contributed by atoms with Crippen molar-refractivity contribution in [1.82, 2.24) is 5.32 Å². The number of carbonyl (C=O) groups excluding carboxylic acids is 1. The molecule has 0 aliphatic heterocycles. The van der Waals surface area contributed by atoms with Gasteiger partial charge in [-0.2, -0.15) is 0 Å². The average Bonchev–Trinajstić information content (AvgIpc) is 2.30. The first-order valence-corrected chi connectivity index (χ1v) is 7.04. The van der Waals surface area contributed by atoms with Crippen LogP contribution in [0.3, 0.4) is 0 Å². The summed E-state index contributed by atoms with van der Waals surface area (Å²) in [5.74, 6) is 0. The molecule has 0 saturated heterocycles. The highest BCUT2D eigenvalue weighted by molar-refractivity contribution is 6.42. The molecule has 1 rings (SSSR count). The maximum Gasteiger partial charge on any atom is 0.408 e. The minimum Gasteiger partial charge on any atom is -0.444 e. The van der Waals surface area contributed by atoms with Crippen molar-refractivity contribution in [2.24, 2.45) is 0 Å². The van der Waals surface area contributed by atoms with Crippen molar-refractivity contribution in [2.75, 3.05) is 0 Å². The zero-order valence-corrected chi connectivity index (χ0v) is 13.4. The van der Waals surface area contributed by atoms with Crippen molar-refractivity contribution >= 4 is 29.3 Å². The highest BCUT2D eigenvalue weighted by Crippen LogP contribution is 2.27. The monoisotopic (exact) mass is 315 g/mol. The number of carbonyl (C=O) groups is 1. The van der Waals surface area contributed by atoms with Gasteiger partial charge in [0.15, 0.2) is 0 Å². The Morgan fingerprint density at radius 1 is 1.40 bits per heavy atom. The van der Waals surface area contributed by atoms with E-state index >= 15 is 0 Å². The highest BCUT2D eigenvalue weighted by atomic mass is 35.5. The Labute approximate surface area is 129 Å². The van der Waals surface area contributed by atoms with Gasteiger partial charge in [0.05, 0.1) is 16.1 Å². The average molecular weight is 316 g/mol. The summed E-state index contributed by atoms with van der Waals surface area (Å²) >= 11 is 11.9. The van der Waals surface area contributed by atoms with Crippen molar-refractivity contribution in [3.05, 3.63) is 46.5 Å². The Morgan fingerprint density at radius 2 is 2.05 bits per heavy atom. The number of alkyl carbamates (subject to hydrolysis) is 1. The minimum absolute atomic E-state index is 0.253. The number of hydrogen-bond donors (Lipinski definition) is 1. The largest absolute Gasteiger partial charge is 0.444 e. The number of hydrogen-bond acceptors (Lipinski definition) is 2. The van der Waals surface area contributed by atoms with Gasteiger partial charge in [-0.25, -0.2) is 4.79 Å². The van der Waals surface area contributed by atoms with Crippen molar-refractivity contribution in [1.29, 1.82) is 0 Å². The summed E-state index contributed by atoms with van der Waals surface area (Å²) in [4.78, 5) is 11.8. The second-order valence-corrected chi connectivity index (χ2v) is 6.21. The fourth-order valence-corrected chi connectivity index (χ4v) is 1.93. The highest BCUT2D eigenvalue weighted by Gasteiger charge is 2.20. The van der Waals surface area contributed by atoms with Gasteiger partial charge in [0.1, 0.15) is 5.60 Å². The summed E-state index contributed by atoms with van der Waals surface area (Å²) < 4.78 is 5.25. The molecule has 5 heteroatoms. The Morgan fingerprint density at radius 3 is 2.55 bits per heavy atom. The Bertz CT molecular complexity index is 495. The number of halogens is 2. The van der Waals surface area contributed by atoms with E-state index in [1.165, 1.54) is 0 Å². The molecule has 20 heavy (non-hydrogen) atoms. The Balaban J connectivity index is 2.85. The Kier molecular flexibility index (Phi) is 5.90. The van der Waals surface area contributed by atoms with Gasteiger partial charge in [0, 0.05) is 0 Å². The second kappa shape index (κ2) is 7.00. The standard InChI is InChI=1S/C15H19Cl2NO2/c1-5-6-13(18-14(19)20-15(2,3)4)10-7-8-11(16)12(17)9-10/h5,7-9,13H,1,6H2,2-4H3,(H,18,19)/t13-/m0/s1. The number of benzene rings is 1. The SMILES string of the molecule is C=CC[C@H](NC(=O)OC(C)(C)C)c1ccc(Cl)c(Cl)c1. The molecule has 0 aromatic heterocycles. The van der Waals surface area contributed by atoms with Gasteiger partial charge in [-0.15, -0.1) is 6.58 Å². The maximum atomic E-state index is 11.8. The quantitative estimate of drug-likeness (QED) is 0.782. The minimum atomic E-state index is -0.541. The number of nitrogens with one attached hydrogen (secondary N) is 1. The second-order valence-electron chi connectivity index (χ2n) is 5.40. The van der Waals surface area contributed by atoms with Gasteiger partial charge in [0.25, 0.3) is 0 Å². The number of amides is 1. The molecule has 1 N–H and O–H groups in total.